The van der Waals surface area contributed by atoms with Crippen LogP contribution in [0, 0.1) is 11.3 Å². The highest BCUT2D eigenvalue weighted by Gasteiger charge is 2.08. The molecule has 0 aliphatic heterocycles. The molecule has 0 aliphatic carbocycles. The lowest BCUT2D eigenvalue weighted by Crippen LogP contribution is -2.21. The molecule has 1 heterocycles. The molecule has 1 N–H and O–H groups in total. The number of hydrogen-bond acceptors (Lipinski definition) is 4. The Balaban J connectivity index is 2.05. The molecule has 102 valence electrons. The molecule has 20 heavy (non-hydrogen) atoms. The Morgan fingerprint density at radius 2 is 2.20 bits per heavy atom. The fraction of sp³-hybridized carbons (Fsp3) is 0.200. The second kappa shape index (κ2) is 6.22. The van der Waals surface area contributed by atoms with Crippen molar-refractivity contribution in [2.75, 3.05) is 19.4 Å². The van der Waals surface area contributed by atoms with Gasteiger partial charge >= 0.3 is 0 Å². The quantitative estimate of drug-likeness (QED) is 0.939. The first-order valence-electron chi connectivity index (χ1n) is 6.13. The molecule has 0 fully saturated rings. The number of carbonyl (C=O) groups excluding carboxylic acids is 1. The average Bonchev–Trinajstić information content (AvgIpc) is 2.92. The molecule has 2 aromatic rings. The zero-order valence-electron chi connectivity index (χ0n) is 11.4. The van der Waals surface area contributed by atoms with E-state index in [-0.39, 0.29) is 5.91 Å². The Kier molecular flexibility index (Phi) is 4.38. The van der Waals surface area contributed by atoms with Crippen LogP contribution < -0.4 is 5.32 Å². The predicted octanol–water partition coefficient (Wildman–Crippen LogP) is 2.93. The summed E-state index contributed by atoms with van der Waals surface area (Å²) in [6, 6.07) is 11.4. The first kappa shape index (κ1) is 14.1. The van der Waals surface area contributed by atoms with Gasteiger partial charge in [0, 0.05) is 42.1 Å². The lowest BCUT2D eigenvalue weighted by atomic mass is 10.2. The van der Waals surface area contributed by atoms with Crippen molar-refractivity contribution in [2.45, 2.75) is 6.54 Å². The van der Waals surface area contributed by atoms with E-state index in [1.165, 1.54) is 0 Å². The van der Waals surface area contributed by atoms with Gasteiger partial charge in [0.25, 0.3) is 5.91 Å². The summed E-state index contributed by atoms with van der Waals surface area (Å²) < 4.78 is 0. The van der Waals surface area contributed by atoms with Gasteiger partial charge in [-0.15, -0.1) is 11.3 Å². The molecule has 0 saturated carbocycles. The van der Waals surface area contributed by atoms with Gasteiger partial charge in [-0.3, -0.25) is 4.79 Å². The number of carbonyl (C=O) groups is 1. The van der Waals surface area contributed by atoms with Crippen LogP contribution in [0.5, 0.6) is 0 Å². The number of nitrogens with one attached hydrogen (secondary N) is 1. The number of amides is 1. The summed E-state index contributed by atoms with van der Waals surface area (Å²) in [4.78, 5) is 14.5. The number of thiophene rings is 1. The van der Waals surface area contributed by atoms with Gasteiger partial charge in [-0.05, 0) is 24.3 Å². The molecule has 0 radical (unpaired) electrons. The molecule has 2 rings (SSSR count). The largest absolute Gasteiger partial charge is 0.380 e. The Morgan fingerprint density at radius 3 is 2.85 bits per heavy atom. The van der Waals surface area contributed by atoms with Crippen molar-refractivity contribution >= 4 is 22.9 Å². The molecule has 0 saturated heterocycles. The van der Waals surface area contributed by atoms with Gasteiger partial charge in [0.2, 0.25) is 0 Å². The lowest BCUT2D eigenvalue weighted by molar-refractivity contribution is 0.0827. The van der Waals surface area contributed by atoms with Crippen molar-refractivity contribution in [1.29, 1.82) is 5.26 Å². The van der Waals surface area contributed by atoms with E-state index in [0.717, 1.165) is 10.6 Å². The maximum Gasteiger partial charge on any atom is 0.253 e. The van der Waals surface area contributed by atoms with Crippen LogP contribution in [0.15, 0.2) is 35.7 Å². The highest BCUT2D eigenvalue weighted by Crippen LogP contribution is 2.17. The van der Waals surface area contributed by atoms with E-state index in [1.807, 2.05) is 29.6 Å². The van der Waals surface area contributed by atoms with Crippen molar-refractivity contribution in [2.24, 2.45) is 0 Å². The van der Waals surface area contributed by atoms with Crippen LogP contribution in [0.25, 0.3) is 0 Å². The molecular weight excluding hydrogens is 270 g/mol. The molecule has 1 aromatic carbocycles. The van der Waals surface area contributed by atoms with Crippen LogP contribution in [-0.4, -0.2) is 24.9 Å². The highest BCUT2D eigenvalue weighted by molar-refractivity contribution is 7.10. The molecule has 0 spiro atoms. The average molecular weight is 285 g/mol. The van der Waals surface area contributed by atoms with E-state index in [4.69, 9.17) is 5.26 Å². The zero-order chi connectivity index (χ0) is 14.5. The van der Waals surface area contributed by atoms with Gasteiger partial charge < -0.3 is 10.2 Å². The molecule has 1 amide bonds. The van der Waals surface area contributed by atoms with E-state index in [0.29, 0.717) is 17.7 Å². The third-order valence-electron chi connectivity index (χ3n) is 2.77. The SMILES string of the molecule is CN(C)C(=O)c1cccc(NCc2cc(C#N)cs2)c1. The summed E-state index contributed by atoms with van der Waals surface area (Å²) in [5.41, 5.74) is 2.23. The molecule has 0 unspecified atom stereocenters. The maximum absolute atomic E-state index is 11.9. The van der Waals surface area contributed by atoms with Crippen molar-refractivity contribution < 1.29 is 4.79 Å². The minimum Gasteiger partial charge on any atom is -0.380 e. The summed E-state index contributed by atoms with van der Waals surface area (Å²) in [5.74, 6) is -0.0171. The monoisotopic (exact) mass is 285 g/mol. The van der Waals surface area contributed by atoms with Gasteiger partial charge in [-0.1, -0.05) is 6.07 Å². The fourth-order valence-electron chi connectivity index (χ4n) is 1.74. The van der Waals surface area contributed by atoms with Crippen molar-refractivity contribution in [1.82, 2.24) is 4.90 Å². The van der Waals surface area contributed by atoms with Gasteiger partial charge in [0.1, 0.15) is 6.07 Å². The van der Waals surface area contributed by atoms with Crippen molar-refractivity contribution in [3.8, 4) is 6.07 Å². The van der Waals surface area contributed by atoms with Gasteiger partial charge in [0.05, 0.1) is 5.56 Å². The van der Waals surface area contributed by atoms with Gasteiger partial charge in [-0.25, -0.2) is 0 Å². The second-order valence-electron chi connectivity index (χ2n) is 4.55. The molecule has 1 aromatic heterocycles. The minimum absolute atomic E-state index is 0.0171. The summed E-state index contributed by atoms with van der Waals surface area (Å²) in [6.45, 7) is 0.645. The highest BCUT2D eigenvalue weighted by atomic mass is 32.1. The first-order valence-corrected chi connectivity index (χ1v) is 7.01. The van der Waals surface area contributed by atoms with Crippen LogP contribution in [0.1, 0.15) is 20.8 Å². The van der Waals surface area contributed by atoms with E-state index in [9.17, 15) is 4.79 Å². The Hall–Kier alpha value is -2.32. The summed E-state index contributed by atoms with van der Waals surface area (Å²) in [5, 5.41) is 13.9. The van der Waals surface area contributed by atoms with Crippen LogP contribution in [0.2, 0.25) is 0 Å². The Morgan fingerprint density at radius 1 is 1.40 bits per heavy atom. The molecule has 5 heteroatoms. The summed E-state index contributed by atoms with van der Waals surface area (Å²) in [6.07, 6.45) is 0. The summed E-state index contributed by atoms with van der Waals surface area (Å²) in [7, 11) is 3.47. The van der Waals surface area contributed by atoms with Gasteiger partial charge in [-0.2, -0.15) is 5.26 Å². The van der Waals surface area contributed by atoms with Crippen LogP contribution in [0.4, 0.5) is 5.69 Å². The first-order chi connectivity index (χ1) is 9.60. The zero-order valence-corrected chi connectivity index (χ0v) is 12.2. The Bertz CT molecular complexity index is 655. The van der Waals surface area contributed by atoms with E-state index in [1.54, 1.807) is 36.4 Å². The van der Waals surface area contributed by atoms with Crippen LogP contribution in [-0.2, 0) is 6.54 Å². The second-order valence-corrected chi connectivity index (χ2v) is 5.54. The smallest absolute Gasteiger partial charge is 0.253 e. The number of benzene rings is 1. The number of nitrogens with zero attached hydrogens (tertiary/aromatic N) is 2. The number of nitriles is 1. The molecule has 0 aliphatic rings. The van der Waals surface area contributed by atoms with Crippen LogP contribution >= 0.6 is 11.3 Å². The van der Waals surface area contributed by atoms with E-state index in [2.05, 4.69) is 11.4 Å². The summed E-state index contributed by atoms with van der Waals surface area (Å²) >= 11 is 1.55. The predicted molar refractivity (Wildman–Crippen MR) is 80.8 cm³/mol. The number of rotatable bonds is 4. The lowest BCUT2D eigenvalue weighted by Gasteiger charge is -2.11. The number of anilines is 1. The molecular formula is C15H15N3OS. The molecule has 0 bridgehead atoms. The van der Waals surface area contributed by atoms with E-state index < -0.39 is 0 Å². The van der Waals surface area contributed by atoms with E-state index >= 15 is 0 Å². The van der Waals surface area contributed by atoms with Crippen LogP contribution in [0.3, 0.4) is 0 Å². The maximum atomic E-state index is 11.9. The van der Waals surface area contributed by atoms with Crippen molar-refractivity contribution in [3.63, 3.8) is 0 Å². The third kappa shape index (κ3) is 3.37. The third-order valence-corrected chi connectivity index (χ3v) is 3.70. The molecule has 4 nitrogen and oxygen atoms in total. The minimum atomic E-state index is -0.0171. The topological polar surface area (TPSA) is 56.1 Å². The van der Waals surface area contributed by atoms with Gasteiger partial charge in [0.15, 0.2) is 0 Å². The normalized spacial score (nSPS) is 9.85. The fourth-order valence-corrected chi connectivity index (χ4v) is 2.49. The Labute approximate surface area is 122 Å². The number of hydrogen-bond donors (Lipinski definition) is 1. The van der Waals surface area contributed by atoms with Crippen molar-refractivity contribution in [3.05, 3.63) is 51.7 Å². The standard InChI is InChI=1S/C15H15N3OS/c1-18(2)15(19)12-4-3-5-13(7-12)17-9-14-6-11(8-16)10-20-14/h3-7,10,17H,9H2,1-2H3. The molecule has 0 atom stereocenters.